The van der Waals surface area contributed by atoms with Gasteiger partial charge in [-0.1, -0.05) is 48.5 Å². The minimum atomic E-state index is -0.175. The molecule has 0 atom stereocenters. The number of para-hydroxylation sites is 1. The largest absolute Gasteiger partial charge is 0.368 e. The van der Waals surface area contributed by atoms with E-state index in [0.29, 0.717) is 43.9 Å². The lowest BCUT2D eigenvalue weighted by Gasteiger charge is -2.36. The lowest BCUT2D eigenvalue weighted by molar-refractivity contribution is -0.131. The van der Waals surface area contributed by atoms with Gasteiger partial charge in [-0.25, -0.2) is 0 Å². The molecule has 7 heteroatoms. The second-order valence-electron chi connectivity index (χ2n) is 8.40. The third kappa shape index (κ3) is 5.42. The van der Waals surface area contributed by atoms with Crippen molar-refractivity contribution < 1.29 is 9.59 Å². The van der Waals surface area contributed by atoms with Gasteiger partial charge in [-0.2, -0.15) is 5.10 Å². The molecular weight excluding hydrogens is 414 g/mol. The quantitative estimate of drug-likeness (QED) is 0.607. The summed E-state index contributed by atoms with van der Waals surface area (Å²) in [5.74, 6) is -0.0952. The minimum Gasteiger partial charge on any atom is -0.368 e. The number of hydrogen-bond donors (Lipinski definition) is 1. The number of nitrogens with one attached hydrogen (secondary N) is 1. The van der Waals surface area contributed by atoms with Crippen molar-refractivity contribution in [2.24, 2.45) is 0 Å². The number of aryl methyl sites for hydroxylation is 1. The van der Waals surface area contributed by atoms with E-state index in [-0.39, 0.29) is 11.8 Å². The van der Waals surface area contributed by atoms with E-state index in [0.717, 1.165) is 24.3 Å². The summed E-state index contributed by atoms with van der Waals surface area (Å²) in [5.41, 5.74) is 4.44. The number of rotatable bonds is 7. The van der Waals surface area contributed by atoms with Crippen LogP contribution in [0.2, 0.25) is 0 Å². The fourth-order valence-electron chi connectivity index (χ4n) is 4.32. The first-order valence-electron chi connectivity index (χ1n) is 11.5. The van der Waals surface area contributed by atoms with Gasteiger partial charge >= 0.3 is 0 Å². The predicted octanol–water partition coefficient (Wildman–Crippen LogP) is 3.02. The topological polar surface area (TPSA) is 70.5 Å². The van der Waals surface area contributed by atoms with Crippen LogP contribution in [-0.4, -0.2) is 59.2 Å². The smallest absolute Gasteiger partial charge is 0.255 e. The molecular formula is C26H31N5O2. The van der Waals surface area contributed by atoms with Crippen LogP contribution in [-0.2, 0) is 11.3 Å². The maximum Gasteiger partial charge on any atom is 0.255 e. The maximum absolute atomic E-state index is 12.8. The number of nitrogens with zero attached hydrogens (tertiary/aromatic N) is 4. The van der Waals surface area contributed by atoms with Crippen LogP contribution in [0.3, 0.4) is 0 Å². The van der Waals surface area contributed by atoms with Crippen LogP contribution in [0.25, 0.3) is 0 Å². The van der Waals surface area contributed by atoms with E-state index < -0.39 is 0 Å². The minimum absolute atomic E-state index is 0.0798. The Morgan fingerprint density at radius 1 is 0.909 bits per heavy atom. The third-order valence-electron chi connectivity index (χ3n) is 6.16. The van der Waals surface area contributed by atoms with Crippen LogP contribution in [0.5, 0.6) is 0 Å². The third-order valence-corrected chi connectivity index (χ3v) is 6.16. The molecule has 2 amide bonds. The van der Waals surface area contributed by atoms with Crippen molar-refractivity contribution in [3.63, 3.8) is 0 Å². The molecule has 2 heterocycles. The Hall–Kier alpha value is -3.61. The zero-order valence-electron chi connectivity index (χ0n) is 19.3. The molecule has 0 unspecified atom stereocenters. The van der Waals surface area contributed by atoms with Gasteiger partial charge in [0.05, 0.1) is 17.8 Å². The van der Waals surface area contributed by atoms with Crippen molar-refractivity contribution in [2.45, 2.75) is 26.8 Å². The molecule has 3 aromatic rings. The first-order valence-corrected chi connectivity index (χ1v) is 11.5. The average molecular weight is 446 g/mol. The van der Waals surface area contributed by atoms with Gasteiger partial charge in [0.25, 0.3) is 5.91 Å². The van der Waals surface area contributed by atoms with Crippen LogP contribution in [0.15, 0.2) is 60.7 Å². The van der Waals surface area contributed by atoms with Gasteiger partial charge in [-0.15, -0.1) is 0 Å². The van der Waals surface area contributed by atoms with Gasteiger partial charge in [0.2, 0.25) is 5.91 Å². The Kier molecular flexibility index (Phi) is 7.07. The highest BCUT2D eigenvalue weighted by atomic mass is 16.2. The van der Waals surface area contributed by atoms with Crippen LogP contribution in [0.1, 0.15) is 33.7 Å². The highest BCUT2D eigenvalue weighted by Crippen LogP contribution is 2.17. The van der Waals surface area contributed by atoms with Crippen molar-refractivity contribution in [1.29, 1.82) is 0 Å². The molecule has 0 aliphatic carbocycles. The summed E-state index contributed by atoms with van der Waals surface area (Å²) in [7, 11) is 0. The van der Waals surface area contributed by atoms with Gasteiger partial charge in [-0.05, 0) is 31.5 Å². The Morgan fingerprint density at radius 2 is 1.55 bits per heavy atom. The zero-order valence-corrected chi connectivity index (χ0v) is 19.3. The summed E-state index contributed by atoms with van der Waals surface area (Å²) < 4.78 is 1.86. The normalized spacial score (nSPS) is 13.8. The lowest BCUT2D eigenvalue weighted by Crippen LogP contribution is -2.49. The number of piperazine rings is 1. The van der Waals surface area contributed by atoms with E-state index in [1.54, 1.807) is 0 Å². The van der Waals surface area contributed by atoms with E-state index in [1.165, 1.54) is 5.69 Å². The van der Waals surface area contributed by atoms with Crippen molar-refractivity contribution in [3.8, 4) is 0 Å². The number of aromatic nitrogens is 2. The van der Waals surface area contributed by atoms with E-state index >= 15 is 0 Å². The fraction of sp³-hybridized carbons (Fsp3) is 0.346. The molecule has 7 nitrogen and oxygen atoms in total. The molecule has 1 saturated heterocycles. The maximum atomic E-state index is 12.8. The highest BCUT2D eigenvalue weighted by Gasteiger charge is 2.22. The molecule has 1 aliphatic rings. The second kappa shape index (κ2) is 10.3. The number of carbonyl (C=O) groups is 2. The van der Waals surface area contributed by atoms with Gasteiger partial charge in [0.1, 0.15) is 0 Å². The summed E-state index contributed by atoms with van der Waals surface area (Å²) in [5, 5.41) is 7.46. The van der Waals surface area contributed by atoms with Gasteiger partial charge in [0.15, 0.2) is 0 Å². The Bertz CT molecular complexity index is 1090. The number of anilines is 1. The molecule has 0 bridgehead atoms. The van der Waals surface area contributed by atoms with E-state index in [4.69, 9.17) is 0 Å². The Balaban J connectivity index is 1.26. The predicted molar refractivity (Wildman–Crippen MR) is 129 cm³/mol. The van der Waals surface area contributed by atoms with Gasteiger partial charge in [0, 0.05) is 50.5 Å². The number of carbonyl (C=O) groups excluding carboxylic acids is 2. The number of hydrogen-bond acceptors (Lipinski definition) is 4. The standard InChI is InChI=1S/C26H31N5O2/c1-20-25(21(2)31(28-20)19-22-9-5-3-6-10-22)26(33)27-14-13-24(32)30-17-15-29(16-18-30)23-11-7-4-8-12-23/h3-12H,13-19H2,1-2H3,(H,27,33). The van der Waals surface area contributed by atoms with E-state index in [2.05, 4.69) is 27.4 Å². The van der Waals surface area contributed by atoms with E-state index in [9.17, 15) is 9.59 Å². The monoisotopic (exact) mass is 445 g/mol. The van der Waals surface area contributed by atoms with Crippen LogP contribution in [0.4, 0.5) is 5.69 Å². The van der Waals surface area contributed by atoms with Crippen molar-refractivity contribution in [1.82, 2.24) is 20.0 Å². The molecule has 2 aromatic carbocycles. The molecule has 33 heavy (non-hydrogen) atoms. The first-order chi connectivity index (χ1) is 16.0. The molecule has 1 aliphatic heterocycles. The molecule has 4 rings (SSSR count). The fourth-order valence-corrected chi connectivity index (χ4v) is 4.32. The van der Waals surface area contributed by atoms with Crippen LogP contribution >= 0.6 is 0 Å². The summed E-state index contributed by atoms with van der Waals surface area (Å²) in [6, 6.07) is 20.3. The first kappa shape index (κ1) is 22.6. The van der Waals surface area contributed by atoms with Crippen molar-refractivity contribution in [3.05, 3.63) is 83.2 Å². The number of benzene rings is 2. The van der Waals surface area contributed by atoms with Crippen LogP contribution < -0.4 is 10.2 Å². The Morgan fingerprint density at radius 3 is 2.21 bits per heavy atom. The Labute approximate surface area is 195 Å². The van der Waals surface area contributed by atoms with Crippen LogP contribution in [0, 0.1) is 13.8 Å². The summed E-state index contributed by atoms with van der Waals surface area (Å²) in [6.07, 6.45) is 0.299. The summed E-state index contributed by atoms with van der Waals surface area (Å²) in [4.78, 5) is 29.6. The highest BCUT2D eigenvalue weighted by molar-refractivity contribution is 5.96. The van der Waals surface area contributed by atoms with E-state index in [1.807, 2.05) is 72.0 Å². The molecule has 172 valence electrons. The van der Waals surface area contributed by atoms with Gasteiger partial charge < -0.3 is 15.1 Å². The molecule has 0 spiro atoms. The van der Waals surface area contributed by atoms with Crippen molar-refractivity contribution in [2.75, 3.05) is 37.6 Å². The summed E-state index contributed by atoms with van der Waals surface area (Å²) >= 11 is 0. The molecule has 1 aromatic heterocycles. The zero-order chi connectivity index (χ0) is 23.2. The SMILES string of the molecule is Cc1nn(Cc2ccccc2)c(C)c1C(=O)NCCC(=O)N1CCN(c2ccccc2)CC1. The van der Waals surface area contributed by atoms with Gasteiger partial charge in [-0.3, -0.25) is 14.3 Å². The average Bonchev–Trinajstić information content (AvgIpc) is 3.12. The molecule has 1 fully saturated rings. The van der Waals surface area contributed by atoms with Crippen molar-refractivity contribution >= 4 is 17.5 Å². The summed E-state index contributed by atoms with van der Waals surface area (Å²) in [6.45, 7) is 7.74. The molecule has 1 N–H and O–H groups in total. The molecule has 0 radical (unpaired) electrons. The lowest BCUT2D eigenvalue weighted by atomic mass is 10.1. The number of amides is 2. The second-order valence-corrected chi connectivity index (χ2v) is 8.40. The molecule has 0 saturated carbocycles.